The molecule has 23 heavy (non-hydrogen) atoms. The Morgan fingerprint density at radius 2 is 2.09 bits per heavy atom. The predicted octanol–water partition coefficient (Wildman–Crippen LogP) is 1.70. The van der Waals surface area contributed by atoms with Crippen molar-refractivity contribution in [3.63, 3.8) is 0 Å². The number of likely N-dealkylation sites (tertiary alicyclic amines) is 1. The maximum absolute atomic E-state index is 12.4. The largest absolute Gasteiger partial charge is 0.395 e. The maximum Gasteiger partial charge on any atom is 0.223 e. The van der Waals surface area contributed by atoms with Gasteiger partial charge in [0.25, 0.3) is 0 Å². The number of hydrogen-bond acceptors (Lipinski definition) is 4. The highest BCUT2D eigenvalue weighted by Crippen LogP contribution is 2.12. The summed E-state index contributed by atoms with van der Waals surface area (Å²) in [6, 6.07) is 0. The van der Waals surface area contributed by atoms with E-state index >= 15 is 0 Å². The number of aryl methyl sites for hydroxylation is 1. The second-order valence-corrected chi connectivity index (χ2v) is 6.37. The van der Waals surface area contributed by atoms with Gasteiger partial charge in [-0.1, -0.05) is 12.8 Å². The van der Waals surface area contributed by atoms with Crippen LogP contribution in [0.5, 0.6) is 0 Å². The summed E-state index contributed by atoms with van der Waals surface area (Å²) in [5.41, 5.74) is 1.85. The summed E-state index contributed by atoms with van der Waals surface area (Å²) in [6.45, 7) is 6.11. The van der Waals surface area contributed by atoms with Gasteiger partial charge in [0.1, 0.15) is 0 Å². The van der Waals surface area contributed by atoms with Gasteiger partial charge in [-0.2, -0.15) is 0 Å². The normalized spacial score (nSPS) is 16.3. The second kappa shape index (κ2) is 9.67. The lowest BCUT2D eigenvalue weighted by molar-refractivity contribution is -0.132. The van der Waals surface area contributed by atoms with Gasteiger partial charge in [-0.3, -0.25) is 4.79 Å². The number of aliphatic hydroxyl groups is 1. The van der Waals surface area contributed by atoms with Crippen LogP contribution in [0.4, 0.5) is 0 Å². The summed E-state index contributed by atoms with van der Waals surface area (Å²) < 4.78 is 0. The van der Waals surface area contributed by atoms with E-state index in [0.717, 1.165) is 24.4 Å². The molecule has 2 heterocycles. The van der Waals surface area contributed by atoms with Crippen molar-refractivity contribution in [2.24, 2.45) is 0 Å². The third kappa shape index (κ3) is 5.95. The van der Waals surface area contributed by atoms with Crippen molar-refractivity contribution in [3.8, 4) is 0 Å². The molecule has 0 aromatic carbocycles. The zero-order chi connectivity index (χ0) is 16.5. The average Bonchev–Trinajstić information content (AvgIpc) is 2.78. The molecule has 130 valence electrons. The van der Waals surface area contributed by atoms with Gasteiger partial charge < -0.3 is 19.9 Å². The minimum Gasteiger partial charge on any atom is -0.395 e. The monoisotopic (exact) mass is 322 g/mol. The zero-order valence-corrected chi connectivity index (χ0v) is 14.3. The number of hydrogen-bond donors (Lipinski definition) is 2. The number of carbonyl (C=O) groups is 1. The molecule has 1 aliphatic heterocycles. The summed E-state index contributed by atoms with van der Waals surface area (Å²) in [6.07, 6.45) is 8.31. The van der Waals surface area contributed by atoms with E-state index in [1.807, 2.05) is 6.92 Å². The van der Waals surface area contributed by atoms with E-state index in [2.05, 4.69) is 14.9 Å². The van der Waals surface area contributed by atoms with Crippen LogP contribution in [0.3, 0.4) is 0 Å². The number of amides is 1. The van der Waals surface area contributed by atoms with Gasteiger partial charge in [0.2, 0.25) is 5.91 Å². The quantitative estimate of drug-likeness (QED) is 0.764. The summed E-state index contributed by atoms with van der Waals surface area (Å²) in [7, 11) is 0. The smallest absolute Gasteiger partial charge is 0.223 e. The highest BCUT2D eigenvalue weighted by atomic mass is 16.3. The summed E-state index contributed by atoms with van der Waals surface area (Å²) in [5, 5.41) is 9.21. The first kappa shape index (κ1) is 17.9. The molecule has 0 spiro atoms. The molecule has 1 aromatic rings. The summed E-state index contributed by atoms with van der Waals surface area (Å²) >= 11 is 0. The molecule has 1 fully saturated rings. The lowest BCUT2D eigenvalue weighted by Gasteiger charge is -2.23. The van der Waals surface area contributed by atoms with Crippen LogP contribution in [0.1, 0.15) is 49.9 Å². The van der Waals surface area contributed by atoms with E-state index in [4.69, 9.17) is 0 Å². The van der Waals surface area contributed by atoms with Crippen LogP contribution in [0.2, 0.25) is 0 Å². The highest BCUT2D eigenvalue weighted by Gasteiger charge is 2.16. The highest BCUT2D eigenvalue weighted by molar-refractivity contribution is 5.76. The number of nitrogens with one attached hydrogen (secondary N) is 1. The van der Waals surface area contributed by atoms with Crippen molar-refractivity contribution < 1.29 is 9.90 Å². The molecular weight excluding hydrogens is 292 g/mol. The van der Waals surface area contributed by atoms with Gasteiger partial charge >= 0.3 is 0 Å². The van der Waals surface area contributed by atoms with Crippen molar-refractivity contribution in [2.75, 3.05) is 32.8 Å². The molecule has 6 heteroatoms. The van der Waals surface area contributed by atoms with E-state index in [-0.39, 0.29) is 12.5 Å². The minimum absolute atomic E-state index is 0.0126. The van der Waals surface area contributed by atoms with Crippen molar-refractivity contribution in [3.05, 3.63) is 17.7 Å². The molecule has 0 saturated carbocycles. The number of carbonyl (C=O) groups excluding carboxylic acids is 1. The summed E-state index contributed by atoms with van der Waals surface area (Å²) in [4.78, 5) is 23.9. The number of H-pyrrole nitrogens is 1. The molecule has 2 rings (SSSR count). The lowest BCUT2D eigenvalue weighted by atomic mass is 10.2. The number of nitrogens with zero attached hydrogens (tertiary/aromatic N) is 3. The first-order valence-corrected chi connectivity index (χ1v) is 8.80. The molecule has 1 aromatic heterocycles. The van der Waals surface area contributed by atoms with E-state index in [1.54, 1.807) is 11.2 Å². The Labute approximate surface area is 138 Å². The Balaban J connectivity index is 1.77. The fourth-order valence-corrected chi connectivity index (χ4v) is 3.11. The second-order valence-electron chi connectivity index (χ2n) is 6.37. The minimum atomic E-state index is -0.0126. The van der Waals surface area contributed by atoms with Crippen molar-refractivity contribution in [1.82, 2.24) is 19.8 Å². The van der Waals surface area contributed by atoms with Gasteiger partial charge in [-0.25, -0.2) is 4.98 Å². The molecule has 1 saturated heterocycles. The van der Waals surface area contributed by atoms with Crippen LogP contribution in [0.25, 0.3) is 0 Å². The molecule has 1 amide bonds. The first-order chi connectivity index (χ1) is 11.2. The third-order valence-electron chi connectivity index (χ3n) is 4.56. The van der Waals surface area contributed by atoms with Crippen LogP contribution in [-0.2, 0) is 11.3 Å². The fraction of sp³-hybridized carbons (Fsp3) is 0.765. The number of imidazole rings is 1. The Bertz CT molecular complexity index is 467. The van der Waals surface area contributed by atoms with Crippen LogP contribution >= 0.6 is 0 Å². The van der Waals surface area contributed by atoms with Crippen molar-refractivity contribution in [2.45, 2.75) is 52.0 Å². The number of aliphatic hydroxyl groups excluding tert-OH is 1. The predicted molar refractivity (Wildman–Crippen MR) is 90.0 cm³/mol. The maximum atomic E-state index is 12.4. The van der Waals surface area contributed by atoms with E-state index < -0.39 is 0 Å². The van der Waals surface area contributed by atoms with Crippen LogP contribution in [0.15, 0.2) is 6.33 Å². The van der Waals surface area contributed by atoms with Gasteiger partial charge in [0.15, 0.2) is 0 Å². The Morgan fingerprint density at radius 3 is 2.70 bits per heavy atom. The molecular formula is C17H30N4O2. The Kier molecular flexibility index (Phi) is 7.55. The third-order valence-corrected chi connectivity index (χ3v) is 4.56. The lowest BCUT2D eigenvalue weighted by Crippen LogP contribution is -2.34. The molecule has 0 unspecified atom stereocenters. The number of aromatic amines is 1. The number of aromatic nitrogens is 2. The van der Waals surface area contributed by atoms with Crippen LogP contribution in [0, 0.1) is 6.92 Å². The van der Waals surface area contributed by atoms with Crippen molar-refractivity contribution >= 4 is 5.91 Å². The molecule has 0 bridgehead atoms. The van der Waals surface area contributed by atoms with E-state index in [1.165, 1.54) is 38.8 Å². The Morgan fingerprint density at radius 1 is 1.35 bits per heavy atom. The van der Waals surface area contributed by atoms with E-state index in [0.29, 0.717) is 19.5 Å². The zero-order valence-electron chi connectivity index (χ0n) is 14.3. The van der Waals surface area contributed by atoms with Gasteiger partial charge in [-0.05, 0) is 45.8 Å². The SMILES string of the molecule is Cc1[nH]cnc1CN(CCO)C(=O)CCCN1CCCCCC1. The first-order valence-electron chi connectivity index (χ1n) is 8.80. The number of rotatable bonds is 8. The molecule has 6 nitrogen and oxygen atoms in total. The molecule has 0 atom stereocenters. The van der Waals surface area contributed by atoms with Crippen LogP contribution in [-0.4, -0.2) is 63.6 Å². The Hall–Kier alpha value is -1.40. The van der Waals surface area contributed by atoms with E-state index in [9.17, 15) is 9.90 Å². The van der Waals surface area contributed by atoms with Crippen LogP contribution < -0.4 is 0 Å². The molecule has 0 aliphatic carbocycles. The fourth-order valence-electron chi connectivity index (χ4n) is 3.11. The summed E-state index contributed by atoms with van der Waals surface area (Å²) in [5.74, 6) is 0.108. The van der Waals surface area contributed by atoms with Crippen molar-refractivity contribution in [1.29, 1.82) is 0 Å². The standard InChI is InChI=1S/C17H30N4O2/c1-15-16(19-14-18-15)13-21(11-12-22)17(23)7-6-10-20-8-4-2-3-5-9-20/h14,22H,2-13H2,1H3,(H,18,19). The van der Waals surface area contributed by atoms with Gasteiger partial charge in [-0.15, -0.1) is 0 Å². The molecule has 1 aliphatic rings. The van der Waals surface area contributed by atoms with Gasteiger partial charge in [0.05, 0.1) is 25.2 Å². The van der Waals surface area contributed by atoms with Gasteiger partial charge in [0, 0.05) is 18.7 Å². The molecule has 2 N–H and O–H groups in total. The molecule has 0 radical (unpaired) electrons. The average molecular weight is 322 g/mol. The topological polar surface area (TPSA) is 72.5 Å².